The number of rotatable bonds is 10. The van der Waals surface area contributed by atoms with E-state index in [0.717, 1.165) is 18.8 Å². The summed E-state index contributed by atoms with van der Waals surface area (Å²) >= 11 is 0. The molecule has 0 aromatic heterocycles. The van der Waals surface area contributed by atoms with Crippen LogP contribution in [0.25, 0.3) is 0 Å². The van der Waals surface area contributed by atoms with Gasteiger partial charge in [-0.15, -0.1) is 0 Å². The summed E-state index contributed by atoms with van der Waals surface area (Å²) in [5, 5.41) is 2.93. The third-order valence-corrected chi connectivity index (χ3v) is 7.20. The van der Waals surface area contributed by atoms with Crippen LogP contribution in [-0.2, 0) is 17.8 Å². The van der Waals surface area contributed by atoms with Gasteiger partial charge in [0, 0.05) is 50.5 Å². The number of nitrogens with zero attached hydrogens (tertiary/aromatic N) is 3. The number of amides is 3. The van der Waals surface area contributed by atoms with Crippen LogP contribution in [0.2, 0.25) is 0 Å². The third kappa shape index (κ3) is 8.07. The fraction of sp³-hybridized carbons (Fsp3) is 0.375. The van der Waals surface area contributed by atoms with Crippen molar-refractivity contribution < 1.29 is 14.3 Å². The normalized spacial score (nSPS) is 14.6. The van der Waals surface area contributed by atoms with E-state index in [9.17, 15) is 9.59 Å². The van der Waals surface area contributed by atoms with E-state index in [1.54, 1.807) is 4.90 Å². The molecule has 1 aliphatic rings. The third-order valence-electron chi connectivity index (χ3n) is 7.20. The first-order chi connectivity index (χ1) is 19.0. The Kier molecular flexibility index (Phi) is 10.4. The minimum Gasteiger partial charge on any atom is -0.448 e. The standard InChI is InChI=1S/C32H40N4O3/c1-3-33-31(37)36(29-17-11-6-12-18-29)30-19-21-34(22-20-30)32(38)39-25-26(2)35(23-27-13-7-4-8-14-27)24-28-15-9-5-10-16-28/h4-18,26,30H,3,19-25H2,1-2H3,(H,33,37). The van der Waals surface area contributed by atoms with E-state index in [2.05, 4.69) is 65.7 Å². The first-order valence-electron chi connectivity index (χ1n) is 13.9. The molecule has 206 valence electrons. The molecule has 0 spiro atoms. The second kappa shape index (κ2) is 14.4. The Morgan fingerprint density at radius 3 is 1.90 bits per heavy atom. The zero-order valence-electron chi connectivity index (χ0n) is 23.0. The summed E-state index contributed by atoms with van der Waals surface area (Å²) in [6.07, 6.45) is 1.11. The van der Waals surface area contributed by atoms with Gasteiger partial charge in [-0.1, -0.05) is 78.9 Å². The van der Waals surface area contributed by atoms with Crippen LogP contribution in [0.15, 0.2) is 91.0 Å². The predicted octanol–water partition coefficient (Wildman–Crippen LogP) is 5.91. The summed E-state index contributed by atoms with van der Waals surface area (Å²) in [6, 6.07) is 30.4. The second-order valence-electron chi connectivity index (χ2n) is 10.1. The minimum absolute atomic E-state index is 0.0224. The Morgan fingerprint density at radius 1 is 0.872 bits per heavy atom. The Balaban J connectivity index is 1.33. The summed E-state index contributed by atoms with van der Waals surface area (Å²) in [5.74, 6) is 0. The molecule has 3 aromatic carbocycles. The van der Waals surface area contributed by atoms with Crippen LogP contribution >= 0.6 is 0 Å². The Bertz CT molecular complexity index is 1110. The molecule has 1 N–H and O–H groups in total. The molecule has 1 saturated heterocycles. The van der Waals surface area contributed by atoms with Gasteiger partial charge in [0.25, 0.3) is 0 Å². The molecule has 1 atom stereocenters. The van der Waals surface area contributed by atoms with Crippen LogP contribution in [0.5, 0.6) is 0 Å². The summed E-state index contributed by atoms with van der Waals surface area (Å²) in [7, 11) is 0. The molecule has 1 unspecified atom stereocenters. The Morgan fingerprint density at radius 2 is 1.38 bits per heavy atom. The molecular formula is C32H40N4O3. The SMILES string of the molecule is CCNC(=O)N(c1ccccc1)C1CCN(C(=O)OCC(C)N(Cc2ccccc2)Cc2ccccc2)CC1. The molecule has 1 aliphatic heterocycles. The summed E-state index contributed by atoms with van der Waals surface area (Å²) < 4.78 is 5.82. The first-order valence-corrected chi connectivity index (χ1v) is 13.9. The lowest BCUT2D eigenvalue weighted by Crippen LogP contribution is -2.52. The highest BCUT2D eigenvalue weighted by atomic mass is 16.6. The average Bonchev–Trinajstić information content (AvgIpc) is 2.98. The Hall–Kier alpha value is -3.84. The predicted molar refractivity (Wildman–Crippen MR) is 156 cm³/mol. The van der Waals surface area contributed by atoms with Gasteiger partial charge in [0.2, 0.25) is 0 Å². The largest absolute Gasteiger partial charge is 0.448 e. The molecule has 3 aromatic rings. The number of nitrogens with one attached hydrogen (secondary N) is 1. The van der Waals surface area contributed by atoms with Crippen molar-refractivity contribution >= 4 is 17.8 Å². The molecule has 0 saturated carbocycles. The number of piperidine rings is 1. The van der Waals surface area contributed by atoms with Crippen LogP contribution in [0, 0.1) is 0 Å². The number of benzene rings is 3. The van der Waals surface area contributed by atoms with Gasteiger partial charge >= 0.3 is 12.1 Å². The van der Waals surface area contributed by atoms with Crippen molar-refractivity contribution in [1.82, 2.24) is 15.1 Å². The lowest BCUT2D eigenvalue weighted by molar-refractivity contribution is 0.0590. The van der Waals surface area contributed by atoms with Crippen molar-refractivity contribution in [3.8, 4) is 0 Å². The zero-order valence-corrected chi connectivity index (χ0v) is 23.0. The first kappa shape index (κ1) is 28.2. The number of anilines is 1. The van der Waals surface area contributed by atoms with E-state index in [4.69, 9.17) is 4.74 Å². The topological polar surface area (TPSA) is 65.1 Å². The van der Waals surface area contributed by atoms with Crippen LogP contribution in [0.1, 0.15) is 37.8 Å². The summed E-state index contributed by atoms with van der Waals surface area (Å²) in [4.78, 5) is 31.8. The molecule has 0 radical (unpaired) electrons. The number of hydrogen-bond donors (Lipinski definition) is 1. The fourth-order valence-corrected chi connectivity index (χ4v) is 5.02. The zero-order chi connectivity index (χ0) is 27.5. The molecule has 39 heavy (non-hydrogen) atoms. The highest BCUT2D eigenvalue weighted by Gasteiger charge is 2.31. The summed E-state index contributed by atoms with van der Waals surface area (Å²) in [6.45, 7) is 7.56. The lowest BCUT2D eigenvalue weighted by atomic mass is 10.0. The van der Waals surface area contributed by atoms with E-state index in [-0.39, 0.29) is 24.2 Å². The average molecular weight is 529 g/mol. The molecular weight excluding hydrogens is 488 g/mol. The maximum Gasteiger partial charge on any atom is 0.409 e. The van der Waals surface area contributed by atoms with Gasteiger partial charge in [-0.25, -0.2) is 9.59 Å². The Labute approximate surface area is 232 Å². The molecule has 1 fully saturated rings. The maximum absolute atomic E-state index is 13.0. The van der Waals surface area contributed by atoms with Gasteiger partial charge in [-0.2, -0.15) is 0 Å². The second-order valence-corrected chi connectivity index (χ2v) is 10.1. The van der Waals surface area contributed by atoms with Crippen LogP contribution < -0.4 is 10.2 Å². The van der Waals surface area contributed by atoms with Gasteiger partial charge in [0.05, 0.1) is 0 Å². The number of ether oxygens (including phenoxy) is 1. The van der Waals surface area contributed by atoms with Crippen molar-refractivity contribution in [3.63, 3.8) is 0 Å². The van der Waals surface area contributed by atoms with E-state index < -0.39 is 0 Å². The smallest absolute Gasteiger partial charge is 0.409 e. The molecule has 3 amide bonds. The molecule has 4 rings (SSSR count). The van der Waals surface area contributed by atoms with Crippen LogP contribution in [0.3, 0.4) is 0 Å². The van der Waals surface area contributed by atoms with E-state index in [0.29, 0.717) is 39.1 Å². The molecule has 7 heteroatoms. The molecule has 1 heterocycles. The highest BCUT2D eigenvalue weighted by Crippen LogP contribution is 2.24. The van der Waals surface area contributed by atoms with Crippen molar-refractivity contribution in [3.05, 3.63) is 102 Å². The van der Waals surface area contributed by atoms with Gasteiger partial charge < -0.3 is 15.0 Å². The number of para-hydroxylation sites is 1. The van der Waals surface area contributed by atoms with Gasteiger partial charge in [0.15, 0.2) is 0 Å². The summed E-state index contributed by atoms with van der Waals surface area (Å²) in [5.41, 5.74) is 3.32. The number of likely N-dealkylation sites (tertiary alicyclic amines) is 1. The highest BCUT2D eigenvalue weighted by molar-refractivity contribution is 5.92. The van der Waals surface area contributed by atoms with E-state index in [1.165, 1.54) is 11.1 Å². The van der Waals surface area contributed by atoms with Crippen molar-refractivity contribution in [2.75, 3.05) is 31.1 Å². The number of carbonyl (C=O) groups is 2. The number of urea groups is 1. The van der Waals surface area contributed by atoms with Crippen molar-refractivity contribution in [1.29, 1.82) is 0 Å². The van der Waals surface area contributed by atoms with E-state index in [1.807, 2.05) is 54.3 Å². The van der Waals surface area contributed by atoms with Gasteiger partial charge in [-0.3, -0.25) is 9.80 Å². The minimum atomic E-state index is -0.288. The monoisotopic (exact) mass is 528 g/mol. The van der Waals surface area contributed by atoms with Crippen LogP contribution in [0.4, 0.5) is 15.3 Å². The maximum atomic E-state index is 13.0. The molecule has 7 nitrogen and oxygen atoms in total. The van der Waals surface area contributed by atoms with Gasteiger partial charge in [0.1, 0.15) is 6.61 Å². The van der Waals surface area contributed by atoms with E-state index >= 15 is 0 Å². The lowest BCUT2D eigenvalue weighted by Gasteiger charge is -2.38. The molecule has 0 aliphatic carbocycles. The van der Waals surface area contributed by atoms with Gasteiger partial charge in [-0.05, 0) is 49.9 Å². The number of hydrogen-bond acceptors (Lipinski definition) is 4. The number of carbonyl (C=O) groups excluding carboxylic acids is 2. The quantitative estimate of drug-likeness (QED) is 0.355. The molecule has 0 bridgehead atoms. The fourth-order valence-electron chi connectivity index (χ4n) is 5.02. The van der Waals surface area contributed by atoms with Crippen molar-refractivity contribution in [2.45, 2.75) is 51.9 Å². The van der Waals surface area contributed by atoms with Crippen LogP contribution in [-0.4, -0.2) is 60.2 Å². The van der Waals surface area contributed by atoms with Crippen molar-refractivity contribution in [2.24, 2.45) is 0 Å².